The number of rotatable bonds is 3. The summed E-state index contributed by atoms with van der Waals surface area (Å²) in [6.45, 7) is 0. The Morgan fingerprint density at radius 1 is 1.05 bits per heavy atom. The molecule has 0 saturated carbocycles. The van der Waals surface area contributed by atoms with Gasteiger partial charge in [-0.15, -0.1) is 22.7 Å². The molecule has 106 valence electrons. The molecule has 0 aliphatic rings. The zero-order valence-corrected chi connectivity index (χ0v) is 12.5. The van der Waals surface area contributed by atoms with Crippen molar-refractivity contribution in [3.63, 3.8) is 0 Å². The van der Waals surface area contributed by atoms with E-state index in [1.165, 1.54) is 54.0 Å². The molecule has 2 aromatic heterocycles. The lowest BCUT2D eigenvalue weighted by atomic mass is 10.1. The highest BCUT2D eigenvalue weighted by molar-refractivity contribution is 7.39. The maximum atomic E-state index is 12.9. The maximum Gasteiger partial charge on any atom is 0.348 e. The van der Waals surface area contributed by atoms with Gasteiger partial charge in [0, 0.05) is 10.9 Å². The molecule has 3 aromatic rings. The van der Waals surface area contributed by atoms with E-state index in [0.29, 0.717) is 15.3 Å². The Morgan fingerprint density at radius 3 is 2.29 bits per heavy atom. The van der Waals surface area contributed by atoms with Crippen molar-refractivity contribution in [2.24, 2.45) is 0 Å². The predicted molar refractivity (Wildman–Crippen MR) is 80.9 cm³/mol. The number of hydrogen-bond donors (Lipinski definition) is 0. The third-order valence-electron chi connectivity index (χ3n) is 2.93. The summed E-state index contributed by atoms with van der Waals surface area (Å²) in [5.41, 5.74) is 0.443. The molecule has 0 N–H and O–H groups in total. The van der Waals surface area contributed by atoms with E-state index >= 15 is 0 Å². The van der Waals surface area contributed by atoms with Gasteiger partial charge in [-0.3, -0.25) is 4.79 Å². The van der Waals surface area contributed by atoms with Crippen molar-refractivity contribution in [2.45, 2.75) is 0 Å². The molecular formula is C15H9FO3S2. The summed E-state index contributed by atoms with van der Waals surface area (Å²) in [7, 11) is 1.33. The standard InChI is InChI=1S/C15H9FO3S2/c1-19-14(18)12-7-9-6-11(20-15(9)21-12)13(17)8-2-4-10(16)5-3-8/h2-7H,1H3. The number of carbonyl (C=O) groups is 2. The number of benzene rings is 1. The Morgan fingerprint density at radius 2 is 1.67 bits per heavy atom. The molecule has 0 radical (unpaired) electrons. The molecule has 0 saturated heterocycles. The zero-order chi connectivity index (χ0) is 15.0. The Bertz CT molecular complexity index is 799. The van der Waals surface area contributed by atoms with Crippen molar-refractivity contribution < 1.29 is 18.7 Å². The van der Waals surface area contributed by atoms with Crippen LogP contribution in [0.4, 0.5) is 4.39 Å². The minimum atomic E-state index is -0.380. The van der Waals surface area contributed by atoms with E-state index in [9.17, 15) is 14.0 Å². The van der Waals surface area contributed by atoms with Crippen LogP contribution in [0.25, 0.3) is 9.40 Å². The van der Waals surface area contributed by atoms with Crippen LogP contribution in [0.15, 0.2) is 36.4 Å². The van der Waals surface area contributed by atoms with Gasteiger partial charge in [-0.2, -0.15) is 0 Å². The Balaban J connectivity index is 1.94. The van der Waals surface area contributed by atoms with Crippen LogP contribution < -0.4 is 0 Å². The van der Waals surface area contributed by atoms with Crippen LogP contribution in [-0.4, -0.2) is 18.9 Å². The van der Waals surface area contributed by atoms with Crippen LogP contribution in [-0.2, 0) is 4.74 Å². The van der Waals surface area contributed by atoms with E-state index in [2.05, 4.69) is 4.74 Å². The van der Waals surface area contributed by atoms with E-state index in [1.807, 2.05) is 0 Å². The molecular weight excluding hydrogens is 311 g/mol. The molecule has 3 rings (SSSR count). The van der Waals surface area contributed by atoms with Gasteiger partial charge < -0.3 is 4.74 Å². The van der Waals surface area contributed by atoms with Gasteiger partial charge in [0.2, 0.25) is 5.78 Å². The molecule has 0 spiro atoms. The smallest absolute Gasteiger partial charge is 0.348 e. The minimum Gasteiger partial charge on any atom is -0.465 e. The second-order valence-electron chi connectivity index (χ2n) is 4.29. The molecule has 0 bridgehead atoms. The van der Waals surface area contributed by atoms with Crippen molar-refractivity contribution >= 4 is 43.8 Å². The Labute approximate surface area is 127 Å². The predicted octanol–water partition coefficient (Wildman–Crippen LogP) is 4.12. The highest BCUT2D eigenvalue weighted by Crippen LogP contribution is 2.34. The highest BCUT2D eigenvalue weighted by Gasteiger charge is 2.17. The lowest BCUT2D eigenvalue weighted by molar-refractivity contribution is 0.0606. The van der Waals surface area contributed by atoms with Gasteiger partial charge in [0.15, 0.2) is 0 Å². The topological polar surface area (TPSA) is 43.4 Å². The quantitative estimate of drug-likeness (QED) is 0.538. The molecule has 0 aliphatic carbocycles. The molecule has 2 heterocycles. The van der Waals surface area contributed by atoms with Crippen LogP contribution in [0.2, 0.25) is 0 Å². The number of thiophene rings is 2. The van der Waals surface area contributed by atoms with E-state index < -0.39 is 0 Å². The monoisotopic (exact) mass is 320 g/mol. The number of carbonyl (C=O) groups excluding carboxylic acids is 2. The first-order valence-electron chi connectivity index (χ1n) is 6.00. The number of ether oxygens (including phenoxy) is 1. The fraction of sp³-hybridized carbons (Fsp3) is 0.0667. The lowest BCUT2D eigenvalue weighted by Gasteiger charge is -1.97. The fourth-order valence-corrected chi connectivity index (χ4v) is 4.22. The minimum absolute atomic E-state index is 0.150. The number of esters is 1. The molecule has 3 nitrogen and oxygen atoms in total. The number of methoxy groups -OCH3 is 1. The molecule has 0 unspecified atom stereocenters. The molecule has 0 aliphatic heterocycles. The molecule has 0 fully saturated rings. The second kappa shape index (κ2) is 5.38. The summed E-state index contributed by atoms with van der Waals surface area (Å²) in [5, 5.41) is 0.843. The van der Waals surface area contributed by atoms with Crippen LogP contribution in [0.1, 0.15) is 24.9 Å². The normalized spacial score (nSPS) is 10.8. The Kier molecular flexibility index (Phi) is 3.57. The molecule has 21 heavy (non-hydrogen) atoms. The number of fused-ring (bicyclic) bond motifs is 1. The number of ketones is 1. The van der Waals surface area contributed by atoms with Crippen molar-refractivity contribution in [1.82, 2.24) is 0 Å². The van der Waals surface area contributed by atoms with E-state index in [4.69, 9.17) is 0 Å². The third kappa shape index (κ3) is 2.59. The molecule has 1 aromatic carbocycles. The van der Waals surface area contributed by atoms with Gasteiger partial charge in [0.05, 0.1) is 16.0 Å². The van der Waals surface area contributed by atoms with Crippen molar-refractivity contribution in [2.75, 3.05) is 7.11 Å². The fourth-order valence-electron chi connectivity index (χ4n) is 1.90. The third-order valence-corrected chi connectivity index (χ3v) is 5.30. The zero-order valence-electron chi connectivity index (χ0n) is 10.9. The summed E-state index contributed by atoms with van der Waals surface area (Å²) in [6, 6.07) is 8.91. The largest absolute Gasteiger partial charge is 0.465 e. The van der Waals surface area contributed by atoms with Crippen LogP contribution in [0, 0.1) is 5.82 Å². The van der Waals surface area contributed by atoms with E-state index in [1.54, 1.807) is 12.1 Å². The Hall–Kier alpha value is -2.05. The first-order valence-corrected chi connectivity index (χ1v) is 7.64. The molecule has 0 amide bonds. The average molecular weight is 320 g/mol. The first-order chi connectivity index (χ1) is 10.1. The average Bonchev–Trinajstić information content (AvgIpc) is 3.05. The second-order valence-corrected chi connectivity index (χ2v) is 6.65. The van der Waals surface area contributed by atoms with Crippen molar-refractivity contribution in [3.05, 3.63) is 57.5 Å². The number of hydrogen-bond acceptors (Lipinski definition) is 5. The van der Waals surface area contributed by atoms with Crippen LogP contribution in [0.5, 0.6) is 0 Å². The maximum absolute atomic E-state index is 12.9. The van der Waals surface area contributed by atoms with Gasteiger partial charge in [0.1, 0.15) is 10.7 Å². The van der Waals surface area contributed by atoms with Crippen molar-refractivity contribution in [3.8, 4) is 0 Å². The summed E-state index contributed by atoms with van der Waals surface area (Å²) in [6.07, 6.45) is 0. The van der Waals surface area contributed by atoms with E-state index in [-0.39, 0.29) is 17.6 Å². The number of halogens is 1. The summed E-state index contributed by atoms with van der Waals surface area (Å²) >= 11 is 2.62. The van der Waals surface area contributed by atoms with Gasteiger partial charge in [0.25, 0.3) is 0 Å². The summed E-state index contributed by atoms with van der Waals surface area (Å²) in [5.74, 6) is -0.903. The van der Waals surface area contributed by atoms with Crippen LogP contribution >= 0.6 is 22.7 Å². The first kappa shape index (κ1) is 13.9. The van der Waals surface area contributed by atoms with Gasteiger partial charge in [-0.25, -0.2) is 9.18 Å². The molecule has 0 atom stereocenters. The van der Waals surface area contributed by atoms with Crippen molar-refractivity contribution in [1.29, 1.82) is 0 Å². The SMILES string of the molecule is COC(=O)c1cc2cc(C(=O)c3ccc(F)cc3)sc2s1. The summed E-state index contributed by atoms with van der Waals surface area (Å²) in [4.78, 5) is 24.8. The van der Waals surface area contributed by atoms with Gasteiger partial charge in [-0.05, 0) is 36.4 Å². The van der Waals surface area contributed by atoms with Gasteiger partial charge >= 0.3 is 5.97 Å². The highest BCUT2D eigenvalue weighted by atomic mass is 32.2. The van der Waals surface area contributed by atoms with Crippen LogP contribution in [0.3, 0.4) is 0 Å². The molecule has 6 heteroatoms. The van der Waals surface area contributed by atoms with E-state index in [0.717, 1.165) is 9.40 Å². The van der Waals surface area contributed by atoms with Gasteiger partial charge in [-0.1, -0.05) is 0 Å². The lowest BCUT2D eigenvalue weighted by Crippen LogP contribution is -1.98. The summed E-state index contributed by atoms with van der Waals surface area (Å²) < 4.78 is 18.4.